The van der Waals surface area contributed by atoms with Gasteiger partial charge in [-0.15, -0.1) is 0 Å². The number of imidazole rings is 1. The van der Waals surface area contributed by atoms with E-state index in [4.69, 9.17) is 16.3 Å². The molecular weight excluding hydrogens is 264 g/mol. The standard InChI is InChI=1S/C13H11ClN4O/c1-2-19-11-4-3-10-13(17-11)18-12(16-10)8-5-6-15-7-9(8)14/h3-7H,2H2,1H3,(H,16,17,18). The molecule has 5 nitrogen and oxygen atoms in total. The lowest BCUT2D eigenvalue weighted by Gasteiger charge is -1.99. The Hall–Kier alpha value is -2.14. The van der Waals surface area contributed by atoms with E-state index < -0.39 is 0 Å². The van der Waals surface area contributed by atoms with Gasteiger partial charge in [-0.05, 0) is 19.1 Å². The van der Waals surface area contributed by atoms with Crippen LogP contribution in [0.1, 0.15) is 6.92 Å². The van der Waals surface area contributed by atoms with Crippen LogP contribution in [0.3, 0.4) is 0 Å². The number of rotatable bonds is 3. The highest BCUT2D eigenvalue weighted by Gasteiger charge is 2.10. The number of nitrogens with zero attached hydrogens (tertiary/aromatic N) is 3. The zero-order chi connectivity index (χ0) is 13.2. The molecule has 3 aromatic heterocycles. The van der Waals surface area contributed by atoms with E-state index in [1.807, 2.05) is 25.1 Å². The van der Waals surface area contributed by atoms with Crippen LogP contribution < -0.4 is 4.74 Å². The average Bonchev–Trinajstić information content (AvgIpc) is 2.82. The van der Waals surface area contributed by atoms with E-state index in [1.165, 1.54) is 0 Å². The molecule has 0 aliphatic heterocycles. The van der Waals surface area contributed by atoms with E-state index in [0.717, 1.165) is 11.1 Å². The Balaban J connectivity index is 2.09. The van der Waals surface area contributed by atoms with Crippen molar-refractivity contribution in [3.8, 4) is 17.3 Å². The predicted molar refractivity (Wildman–Crippen MR) is 73.3 cm³/mol. The minimum absolute atomic E-state index is 0.548. The lowest BCUT2D eigenvalue weighted by molar-refractivity contribution is 0.328. The fourth-order valence-electron chi connectivity index (χ4n) is 1.80. The van der Waals surface area contributed by atoms with Crippen molar-refractivity contribution in [2.45, 2.75) is 6.92 Å². The maximum absolute atomic E-state index is 6.10. The summed E-state index contributed by atoms with van der Waals surface area (Å²) in [5.74, 6) is 1.23. The van der Waals surface area contributed by atoms with Crippen LogP contribution in [0, 0.1) is 0 Å². The number of aromatic nitrogens is 4. The van der Waals surface area contributed by atoms with E-state index >= 15 is 0 Å². The largest absolute Gasteiger partial charge is 0.478 e. The van der Waals surface area contributed by atoms with Gasteiger partial charge in [0.05, 0.1) is 17.1 Å². The molecule has 0 atom stereocenters. The predicted octanol–water partition coefficient (Wildman–Crippen LogP) is 3.07. The molecule has 19 heavy (non-hydrogen) atoms. The molecule has 3 aromatic rings. The number of H-pyrrole nitrogens is 1. The molecular formula is C13H11ClN4O. The summed E-state index contributed by atoms with van der Waals surface area (Å²) in [6, 6.07) is 5.50. The van der Waals surface area contributed by atoms with Gasteiger partial charge in [0.1, 0.15) is 5.82 Å². The van der Waals surface area contributed by atoms with Gasteiger partial charge in [0, 0.05) is 24.0 Å². The van der Waals surface area contributed by atoms with Crippen molar-refractivity contribution >= 4 is 22.8 Å². The van der Waals surface area contributed by atoms with Gasteiger partial charge >= 0.3 is 0 Å². The summed E-state index contributed by atoms with van der Waals surface area (Å²) in [5, 5.41) is 0.548. The topological polar surface area (TPSA) is 63.7 Å². The molecule has 0 saturated carbocycles. The van der Waals surface area contributed by atoms with Crippen molar-refractivity contribution in [1.29, 1.82) is 0 Å². The number of pyridine rings is 2. The fourth-order valence-corrected chi connectivity index (χ4v) is 2.01. The Bertz CT molecular complexity index is 725. The van der Waals surface area contributed by atoms with Gasteiger partial charge in [0.2, 0.25) is 5.88 Å². The molecule has 0 aliphatic rings. The number of aromatic amines is 1. The second-order valence-corrected chi connectivity index (χ2v) is 4.30. The van der Waals surface area contributed by atoms with Gasteiger partial charge in [-0.2, -0.15) is 4.98 Å². The van der Waals surface area contributed by atoms with Crippen molar-refractivity contribution < 1.29 is 4.74 Å². The van der Waals surface area contributed by atoms with Crippen LogP contribution in [0.25, 0.3) is 22.6 Å². The normalized spacial score (nSPS) is 10.8. The summed E-state index contributed by atoms with van der Waals surface area (Å²) in [5.41, 5.74) is 2.24. The Kier molecular flexibility index (Phi) is 3.05. The Morgan fingerprint density at radius 3 is 2.95 bits per heavy atom. The first kappa shape index (κ1) is 11.9. The third kappa shape index (κ3) is 2.24. The summed E-state index contributed by atoms with van der Waals surface area (Å²) in [4.78, 5) is 15.9. The Morgan fingerprint density at radius 1 is 1.26 bits per heavy atom. The van der Waals surface area contributed by atoms with E-state index in [2.05, 4.69) is 19.9 Å². The highest BCUT2D eigenvalue weighted by Crippen LogP contribution is 2.26. The molecule has 0 bridgehead atoms. The molecule has 0 unspecified atom stereocenters. The number of hydrogen-bond donors (Lipinski definition) is 1. The first-order valence-electron chi connectivity index (χ1n) is 5.87. The quantitative estimate of drug-likeness (QED) is 0.797. The molecule has 0 saturated heterocycles. The second kappa shape index (κ2) is 4.85. The van der Waals surface area contributed by atoms with Crippen LogP contribution in [0.5, 0.6) is 5.88 Å². The summed E-state index contributed by atoms with van der Waals surface area (Å²) >= 11 is 6.10. The molecule has 3 heterocycles. The maximum Gasteiger partial charge on any atom is 0.215 e. The lowest BCUT2D eigenvalue weighted by Crippen LogP contribution is -1.93. The van der Waals surface area contributed by atoms with Crippen molar-refractivity contribution in [2.75, 3.05) is 6.61 Å². The third-order valence-corrected chi connectivity index (χ3v) is 2.94. The molecule has 6 heteroatoms. The molecule has 3 rings (SSSR count). The molecule has 0 radical (unpaired) electrons. The highest BCUT2D eigenvalue weighted by atomic mass is 35.5. The first-order valence-corrected chi connectivity index (χ1v) is 6.25. The van der Waals surface area contributed by atoms with Crippen LogP contribution in [-0.4, -0.2) is 26.5 Å². The van der Waals surface area contributed by atoms with Gasteiger partial charge in [0.15, 0.2) is 5.65 Å². The van der Waals surface area contributed by atoms with Crippen molar-refractivity contribution in [3.05, 3.63) is 35.6 Å². The number of ether oxygens (including phenoxy) is 1. The zero-order valence-corrected chi connectivity index (χ0v) is 11.0. The monoisotopic (exact) mass is 274 g/mol. The van der Waals surface area contributed by atoms with Crippen molar-refractivity contribution in [2.24, 2.45) is 0 Å². The van der Waals surface area contributed by atoms with E-state index in [9.17, 15) is 0 Å². The molecule has 0 amide bonds. The number of hydrogen-bond acceptors (Lipinski definition) is 4. The first-order chi connectivity index (χ1) is 9.28. The third-order valence-electron chi connectivity index (χ3n) is 2.64. The van der Waals surface area contributed by atoms with E-state index in [1.54, 1.807) is 12.4 Å². The second-order valence-electron chi connectivity index (χ2n) is 3.89. The molecule has 0 aromatic carbocycles. The Morgan fingerprint density at radius 2 is 2.16 bits per heavy atom. The van der Waals surface area contributed by atoms with Gasteiger partial charge < -0.3 is 9.72 Å². The fraction of sp³-hybridized carbons (Fsp3) is 0.154. The Labute approximate surface area is 114 Å². The summed E-state index contributed by atoms with van der Waals surface area (Å²) < 4.78 is 5.35. The van der Waals surface area contributed by atoms with Crippen molar-refractivity contribution in [1.82, 2.24) is 19.9 Å². The molecule has 0 fully saturated rings. The van der Waals surface area contributed by atoms with Gasteiger partial charge in [-0.3, -0.25) is 4.98 Å². The number of fused-ring (bicyclic) bond motifs is 1. The number of halogens is 1. The molecule has 0 aliphatic carbocycles. The van der Waals surface area contributed by atoms with Crippen molar-refractivity contribution in [3.63, 3.8) is 0 Å². The van der Waals surface area contributed by atoms with Crippen LogP contribution in [0.2, 0.25) is 5.02 Å². The number of nitrogens with one attached hydrogen (secondary N) is 1. The molecule has 1 N–H and O–H groups in total. The minimum Gasteiger partial charge on any atom is -0.478 e. The average molecular weight is 275 g/mol. The van der Waals surface area contributed by atoms with Crippen LogP contribution in [-0.2, 0) is 0 Å². The summed E-state index contributed by atoms with van der Waals surface area (Å²) in [6.45, 7) is 2.49. The highest BCUT2D eigenvalue weighted by molar-refractivity contribution is 6.33. The van der Waals surface area contributed by atoms with Gasteiger partial charge in [-0.1, -0.05) is 11.6 Å². The minimum atomic E-state index is 0.548. The van der Waals surface area contributed by atoms with Gasteiger partial charge in [-0.25, -0.2) is 4.98 Å². The van der Waals surface area contributed by atoms with Crippen LogP contribution in [0.4, 0.5) is 0 Å². The zero-order valence-electron chi connectivity index (χ0n) is 10.2. The molecule has 0 spiro atoms. The van der Waals surface area contributed by atoms with Crippen LogP contribution >= 0.6 is 11.6 Å². The van der Waals surface area contributed by atoms with E-state index in [-0.39, 0.29) is 0 Å². The van der Waals surface area contributed by atoms with Crippen LogP contribution in [0.15, 0.2) is 30.6 Å². The lowest BCUT2D eigenvalue weighted by atomic mass is 10.2. The van der Waals surface area contributed by atoms with E-state index in [0.29, 0.717) is 29.0 Å². The maximum atomic E-state index is 6.10. The SMILES string of the molecule is CCOc1ccc2[nH]c(-c3ccncc3Cl)nc2n1. The molecule has 96 valence electrons. The summed E-state index contributed by atoms with van der Waals surface area (Å²) in [6.07, 6.45) is 3.26. The van der Waals surface area contributed by atoms with Gasteiger partial charge in [0.25, 0.3) is 0 Å². The summed E-state index contributed by atoms with van der Waals surface area (Å²) in [7, 11) is 0. The smallest absolute Gasteiger partial charge is 0.215 e.